The number of carboxylic acid groups (broad SMARTS) is 1. The Morgan fingerprint density at radius 1 is 1.21 bits per heavy atom. The first-order valence-electron chi connectivity index (χ1n) is 6.45. The van der Waals surface area contributed by atoms with Crippen LogP contribution in [0.15, 0.2) is 36.4 Å². The number of likely N-dealkylation sites (tertiary alicyclic amines) is 1. The Morgan fingerprint density at radius 2 is 1.95 bits per heavy atom. The second-order valence-corrected chi connectivity index (χ2v) is 4.63. The molecule has 0 unspecified atom stereocenters. The molecular weight excluding hydrogens is 242 g/mol. The van der Waals surface area contributed by atoms with Crippen molar-refractivity contribution in [3.63, 3.8) is 0 Å². The average molecular weight is 259 g/mol. The lowest BCUT2D eigenvalue weighted by Crippen LogP contribution is -2.47. The summed E-state index contributed by atoms with van der Waals surface area (Å²) in [6.45, 7) is 0.523. The highest BCUT2D eigenvalue weighted by atomic mass is 16.4. The fourth-order valence-electron chi connectivity index (χ4n) is 2.28. The van der Waals surface area contributed by atoms with E-state index in [1.807, 2.05) is 30.3 Å². The summed E-state index contributed by atoms with van der Waals surface area (Å²) in [6, 6.07) is 8.81. The fourth-order valence-corrected chi connectivity index (χ4v) is 2.28. The van der Waals surface area contributed by atoms with Gasteiger partial charge in [-0.05, 0) is 30.9 Å². The third-order valence-electron chi connectivity index (χ3n) is 3.29. The Hall–Kier alpha value is -2.10. The number of nitrogens with zero attached hydrogens (tertiary/aromatic N) is 1. The Morgan fingerprint density at radius 3 is 2.63 bits per heavy atom. The van der Waals surface area contributed by atoms with Gasteiger partial charge in [0.15, 0.2) is 0 Å². The molecule has 1 aromatic carbocycles. The lowest BCUT2D eigenvalue weighted by atomic mass is 10.0. The van der Waals surface area contributed by atoms with Crippen LogP contribution in [-0.2, 0) is 9.59 Å². The van der Waals surface area contributed by atoms with Crippen LogP contribution in [0.3, 0.4) is 0 Å². The summed E-state index contributed by atoms with van der Waals surface area (Å²) in [6.07, 6.45) is 5.45. The summed E-state index contributed by atoms with van der Waals surface area (Å²) < 4.78 is 0. The van der Waals surface area contributed by atoms with E-state index in [0.717, 1.165) is 18.4 Å². The molecule has 0 aliphatic carbocycles. The Labute approximate surface area is 112 Å². The minimum absolute atomic E-state index is 0.226. The van der Waals surface area contributed by atoms with Gasteiger partial charge < -0.3 is 10.0 Å². The quantitative estimate of drug-likeness (QED) is 0.846. The van der Waals surface area contributed by atoms with Gasteiger partial charge in [-0.3, -0.25) is 4.79 Å². The van der Waals surface area contributed by atoms with Crippen molar-refractivity contribution in [2.24, 2.45) is 0 Å². The smallest absolute Gasteiger partial charge is 0.326 e. The van der Waals surface area contributed by atoms with Gasteiger partial charge in [0.05, 0.1) is 0 Å². The number of aliphatic carboxylic acids is 1. The molecule has 1 saturated heterocycles. The first kappa shape index (κ1) is 13.3. The van der Waals surface area contributed by atoms with Gasteiger partial charge in [0.25, 0.3) is 0 Å². The number of carbonyl (C=O) groups excluding carboxylic acids is 1. The van der Waals surface area contributed by atoms with Crippen LogP contribution in [-0.4, -0.2) is 34.5 Å². The van der Waals surface area contributed by atoms with Crippen molar-refractivity contribution >= 4 is 18.0 Å². The highest BCUT2D eigenvalue weighted by Gasteiger charge is 2.30. The van der Waals surface area contributed by atoms with Gasteiger partial charge in [-0.1, -0.05) is 30.3 Å². The third-order valence-corrected chi connectivity index (χ3v) is 3.29. The molecule has 1 atom stereocenters. The summed E-state index contributed by atoms with van der Waals surface area (Å²) >= 11 is 0. The van der Waals surface area contributed by atoms with Crippen molar-refractivity contribution < 1.29 is 14.7 Å². The molecule has 1 aromatic rings. The van der Waals surface area contributed by atoms with E-state index >= 15 is 0 Å². The molecule has 1 fully saturated rings. The van der Waals surface area contributed by atoms with Gasteiger partial charge in [-0.25, -0.2) is 4.79 Å². The SMILES string of the molecule is O=C(O)[C@H]1CCCCN1C(=O)/C=C\c1ccccc1. The third kappa shape index (κ3) is 3.44. The van der Waals surface area contributed by atoms with Gasteiger partial charge in [-0.15, -0.1) is 0 Å². The van der Waals surface area contributed by atoms with Crippen LogP contribution in [0.2, 0.25) is 0 Å². The van der Waals surface area contributed by atoms with Gasteiger partial charge in [0, 0.05) is 12.6 Å². The molecule has 1 aliphatic heterocycles. The van der Waals surface area contributed by atoms with Crippen molar-refractivity contribution in [3.05, 3.63) is 42.0 Å². The van der Waals surface area contributed by atoms with Gasteiger partial charge >= 0.3 is 5.97 Å². The average Bonchev–Trinajstić information content (AvgIpc) is 2.46. The molecule has 0 aromatic heterocycles. The molecule has 19 heavy (non-hydrogen) atoms. The predicted molar refractivity (Wildman–Crippen MR) is 72.5 cm³/mol. The highest BCUT2D eigenvalue weighted by molar-refractivity contribution is 5.94. The minimum Gasteiger partial charge on any atom is -0.480 e. The van der Waals surface area contributed by atoms with Crippen molar-refractivity contribution in [3.8, 4) is 0 Å². The number of piperidine rings is 1. The molecule has 1 amide bonds. The molecule has 0 saturated carbocycles. The summed E-state index contributed by atoms with van der Waals surface area (Å²) in [5.74, 6) is -1.14. The summed E-state index contributed by atoms with van der Waals surface area (Å²) in [4.78, 5) is 24.6. The molecule has 0 bridgehead atoms. The maximum absolute atomic E-state index is 12.1. The van der Waals surface area contributed by atoms with Crippen LogP contribution >= 0.6 is 0 Å². The Bertz CT molecular complexity index is 481. The van der Waals surface area contributed by atoms with Crippen molar-refractivity contribution in [2.45, 2.75) is 25.3 Å². The monoisotopic (exact) mass is 259 g/mol. The van der Waals surface area contributed by atoms with E-state index in [9.17, 15) is 9.59 Å². The van der Waals surface area contributed by atoms with Crippen molar-refractivity contribution in [1.82, 2.24) is 4.90 Å². The number of amides is 1. The standard InChI is InChI=1S/C15H17NO3/c17-14(10-9-12-6-2-1-3-7-12)16-11-5-4-8-13(16)15(18)19/h1-3,6-7,9-10,13H,4-5,8,11H2,(H,18,19)/b10-9-/t13-/m1/s1. The molecule has 4 nitrogen and oxygen atoms in total. The lowest BCUT2D eigenvalue weighted by Gasteiger charge is -2.32. The Kier molecular flexibility index (Phi) is 4.34. The fraction of sp³-hybridized carbons (Fsp3) is 0.333. The lowest BCUT2D eigenvalue weighted by molar-refractivity contribution is -0.150. The second kappa shape index (κ2) is 6.18. The molecule has 0 radical (unpaired) electrons. The zero-order valence-corrected chi connectivity index (χ0v) is 10.7. The van der Waals surface area contributed by atoms with E-state index in [-0.39, 0.29) is 5.91 Å². The molecule has 1 aliphatic rings. The molecule has 100 valence electrons. The highest BCUT2D eigenvalue weighted by Crippen LogP contribution is 2.18. The topological polar surface area (TPSA) is 57.6 Å². The van der Waals surface area contributed by atoms with Gasteiger partial charge in [0.1, 0.15) is 6.04 Å². The number of benzene rings is 1. The molecule has 1 N–H and O–H groups in total. The minimum atomic E-state index is -0.916. The summed E-state index contributed by atoms with van der Waals surface area (Å²) in [7, 11) is 0. The Balaban J connectivity index is 2.06. The summed E-state index contributed by atoms with van der Waals surface area (Å²) in [5, 5.41) is 9.12. The first-order chi connectivity index (χ1) is 9.18. The number of rotatable bonds is 3. The molecular formula is C15H17NO3. The number of hydrogen-bond acceptors (Lipinski definition) is 2. The predicted octanol–water partition coefficient (Wildman–Crippen LogP) is 2.17. The summed E-state index contributed by atoms with van der Waals surface area (Å²) in [5.41, 5.74) is 0.930. The van der Waals surface area contributed by atoms with Crippen LogP contribution in [0.25, 0.3) is 6.08 Å². The van der Waals surface area contributed by atoms with E-state index in [4.69, 9.17) is 5.11 Å². The first-order valence-corrected chi connectivity index (χ1v) is 6.45. The molecule has 1 heterocycles. The largest absolute Gasteiger partial charge is 0.480 e. The van der Waals surface area contributed by atoms with E-state index in [0.29, 0.717) is 13.0 Å². The molecule has 2 rings (SSSR count). The number of carboxylic acids is 1. The van der Waals surface area contributed by atoms with E-state index in [1.165, 1.54) is 11.0 Å². The maximum atomic E-state index is 12.1. The maximum Gasteiger partial charge on any atom is 0.326 e. The van der Waals surface area contributed by atoms with Crippen molar-refractivity contribution in [1.29, 1.82) is 0 Å². The number of carbonyl (C=O) groups is 2. The molecule has 0 spiro atoms. The van der Waals surface area contributed by atoms with E-state index in [2.05, 4.69) is 0 Å². The normalized spacial score (nSPS) is 19.6. The van der Waals surface area contributed by atoms with Crippen LogP contribution in [0.5, 0.6) is 0 Å². The van der Waals surface area contributed by atoms with Crippen LogP contribution in [0.1, 0.15) is 24.8 Å². The van der Waals surface area contributed by atoms with Crippen LogP contribution in [0.4, 0.5) is 0 Å². The number of hydrogen-bond donors (Lipinski definition) is 1. The zero-order valence-electron chi connectivity index (χ0n) is 10.7. The van der Waals surface area contributed by atoms with Crippen LogP contribution in [0, 0.1) is 0 Å². The van der Waals surface area contributed by atoms with E-state index < -0.39 is 12.0 Å². The zero-order chi connectivity index (χ0) is 13.7. The van der Waals surface area contributed by atoms with Gasteiger partial charge in [-0.2, -0.15) is 0 Å². The second-order valence-electron chi connectivity index (χ2n) is 4.63. The van der Waals surface area contributed by atoms with Crippen LogP contribution < -0.4 is 0 Å². The van der Waals surface area contributed by atoms with Crippen molar-refractivity contribution in [2.75, 3.05) is 6.54 Å². The molecule has 4 heteroatoms. The van der Waals surface area contributed by atoms with Gasteiger partial charge in [0.2, 0.25) is 5.91 Å². The van der Waals surface area contributed by atoms with E-state index in [1.54, 1.807) is 6.08 Å².